The molecule has 2 saturated heterocycles. The molecule has 5 nitrogen and oxygen atoms in total. The maximum absolute atomic E-state index is 5.66. The fourth-order valence-electron chi connectivity index (χ4n) is 1.56. The summed E-state index contributed by atoms with van der Waals surface area (Å²) in [7, 11) is 1.15. The molecule has 0 aromatic carbocycles. The molecule has 0 N–H and O–H groups in total. The van der Waals surface area contributed by atoms with Crippen LogP contribution in [0.4, 0.5) is 0 Å². The number of ether oxygens (including phenoxy) is 2. The van der Waals surface area contributed by atoms with Gasteiger partial charge in [0.1, 0.15) is 6.10 Å². The quantitative estimate of drug-likeness (QED) is 0.690. The molecular weight excluding hydrogens is 217 g/mol. The van der Waals surface area contributed by atoms with Crippen molar-refractivity contribution in [3.05, 3.63) is 0 Å². The van der Waals surface area contributed by atoms with Crippen molar-refractivity contribution in [2.24, 2.45) is 0 Å². The lowest BCUT2D eigenvalue weighted by Crippen LogP contribution is -2.24. The fraction of sp³-hybridized carbons (Fsp3) is 1.00. The molecule has 15 heavy (non-hydrogen) atoms. The van der Waals surface area contributed by atoms with Gasteiger partial charge in [-0.2, -0.15) is 0 Å². The van der Waals surface area contributed by atoms with E-state index >= 15 is 0 Å². The lowest BCUT2D eigenvalue weighted by Gasteiger charge is -2.19. The monoisotopic (exact) mass is 235 g/mol. The summed E-state index contributed by atoms with van der Waals surface area (Å²) in [5.74, 6) is -0.469. The summed E-state index contributed by atoms with van der Waals surface area (Å²) in [5, 5.41) is 0. The molecule has 0 aliphatic carbocycles. The van der Waals surface area contributed by atoms with Gasteiger partial charge in [0.2, 0.25) is 0 Å². The molecule has 0 bridgehead atoms. The molecule has 6 heteroatoms. The normalized spacial score (nSPS) is 36.2. The number of rotatable bonds is 3. The molecule has 2 atom stereocenters. The Kier molecular flexibility index (Phi) is 3.60. The third-order valence-corrected chi connectivity index (χ3v) is 3.86. The van der Waals surface area contributed by atoms with Crippen LogP contribution in [0.2, 0.25) is 0 Å². The van der Waals surface area contributed by atoms with Crippen LogP contribution in [0.1, 0.15) is 13.8 Å². The van der Waals surface area contributed by atoms with Crippen LogP contribution >= 0.6 is 8.53 Å². The van der Waals surface area contributed by atoms with Crippen molar-refractivity contribution >= 4 is 8.53 Å². The average molecular weight is 235 g/mol. The topological polar surface area (TPSA) is 40.2 Å². The molecule has 0 amide bonds. The number of likely N-dealkylation sites (N-methyl/N-ethyl adjacent to an activating group) is 1. The number of hydrogen-bond acceptors (Lipinski definition) is 5. The maximum atomic E-state index is 5.66. The van der Waals surface area contributed by atoms with E-state index in [2.05, 4.69) is 4.67 Å². The first-order valence-corrected chi connectivity index (χ1v) is 6.29. The highest BCUT2D eigenvalue weighted by Gasteiger charge is 2.34. The molecule has 88 valence electrons. The summed E-state index contributed by atoms with van der Waals surface area (Å²) in [6, 6.07) is 0. The van der Waals surface area contributed by atoms with E-state index < -0.39 is 14.3 Å². The van der Waals surface area contributed by atoms with E-state index in [0.717, 1.165) is 13.2 Å². The van der Waals surface area contributed by atoms with E-state index in [-0.39, 0.29) is 6.10 Å². The van der Waals surface area contributed by atoms with E-state index in [1.807, 2.05) is 20.9 Å². The lowest BCUT2D eigenvalue weighted by molar-refractivity contribution is -0.141. The molecule has 2 aliphatic heterocycles. The third-order valence-electron chi connectivity index (χ3n) is 2.33. The predicted octanol–water partition coefficient (Wildman–Crippen LogP) is 1.34. The SMILES string of the molecule is CN1CCOP1OCC1COC(C)(C)O1. The minimum absolute atomic E-state index is 0.0279. The predicted molar refractivity (Wildman–Crippen MR) is 56.4 cm³/mol. The van der Waals surface area contributed by atoms with Crippen LogP contribution in [0, 0.1) is 0 Å². The van der Waals surface area contributed by atoms with Crippen LogP contribution in [0.15, 0.2) is 0 Å². The minimum Gasteiger partial charge on any atom is -0.348 e. The van der Waals surface area contributed by atoms with Gasteiger partial charge in [0, 0.05) is 6.54 Å². The molecule has 0 spiro atoms. The molecular formula is C9H18NO4P. The summed E-state index contributed by atoms with van der Waals surface area (Å²) >= 11 is 0. The van der Waals surface area contributed by atoms with E-state index in [1.165, 1.54) is 0 Å². The first kappa shape index (κ1) is 11.7. The van der Waals surface area contributed by atoms with Crippen molar-refractivity contribution in [2.75, 3.05) is 33.4 Å². The van der Waals surface area contributed by atoms with Crippen LogP contribution in [-0.4, -0.2) is 50.0 Å². The van der Waals surface area contributed by atoms with E-state index in [9.17, 15) is 0 Å². The Morgan fingerprint density at radius 2 is 2.33 bits per heavy atom. The zero-order valence-electron chi connectivity index (χ0n) is 9.43. The summed E-state index contributed by atoms with van der Waals surface area (Å²) in [5.41, 5.74) is 0. The van der Waals surface area contributed by atoms with E-state index in [4.69, 9.17) is 18.5 Å². The van der Waals surface area contributed by atoms with Crippen molar-refractivity contribution in [3.8, 4) is 0 Å². The second-order valence-corrected chi connectivity index (χ2v) is 5.87. The Labute approximate surface area is 91.6 Å². The summed E-state index contributed by atoms with van der Waals surface area (Å²) in [6.07, 6.45) is 0.0279. The van der Waals surface area contributed by atoms with Gasteiger partial charge < -0.3 is 18.5 Å². The fourth-order valence-corrected chi connectivity index (χ4v) is 2.80. The standard InChI is InChI=1S/C9H18NO4P/c1-9(2)11-6-8(14-9)7-13-15-10(3)4-5-12-15/h8H,4-7H2,1-3H3. The van der Waals surface area contributed by atoms with Crippen molar-refractivity contribution < 1.29 is 18.5 Å². The molecule has 2 rings (SSSR count). The van der Waals surface area contributed by atoms with Crippen LogP contribution in [-0.2, 0) is 18.5 Å². The molecule has 0 aromatic rings. The van der Waals surface area contributed by atoms with Crippen molar-refractivity contribution in [1.29, 1.82) is 0 Å². The zero-order valence-corrected chi connectivity index (χ0v) is 10.3. The number of hydrogen-bond donors (Lipinski definition) is 0. The Morgan fingerprint density at radius 1 is 1.53 bits per heavy atom. The van der Waals surface area contributed by atoms with Crippen LogP contribution in [0.5, 0.6) is 0 Å². The Hall–Kier alpha value is 0.230. The molecule has 2 aliphatic rings. The molecule has 2 unspecified atom stereocenters. The highest BCUT2D eigenvalue weighted by atomic mass is 31.2. The van der Waals surface area contributed by atoms with Gasteiger partial charge in [0.25, 0.3) is 8.53 Å². The maximum Gasteiger partial charge on any atom is 0.258 e. The Morgan fingerprint density at radius 3 is 2.87 bits per heavy atom. The second kappa shape index (κ2) is 4.62. The molecule has 0 radical (unpaired) electrons. The highest BCUT2D eigenvalue weighted by Crippen LogP contribution is 2.45. The van der Waals surface area contributed by atoms with Crippen LogP contribution < -0.4 is 0 Å². The van der Waals surface area contributed by atoms with Gasteiger partial charge in [-0.15, -0.1) is 0 Å². The summed E-state index contributed by atoms with van der Waals surface area (Å²) < 4.78 is 24.3. The largest absolute Gasteiger partial charge is 0.348 e. The minimum atomic E-state index is -0.856. The Balaban J connectivity index is 1.70. The first-order valence-electron chi connectivity index (χ1n) is 5.16. The lowest BCUT2D eigenvalue weighted by atomic mass is 10.4. The molecule has 0 aromatic heterocycles. The van der Waals surface area contributed by atoms with Gasteiger partial charge >= 0.3 is 0 Å². The van der Waals surface area contributed by atoms with E-state index in [1.54, 1.807) is 0 Å². The highest BCUT2D eigenvalue weighted by molar-refractivity contribution is 7.44. The summed E-state index contributed by atoms with van der Waals surface area (Å²) in [4.78, 5) is 0. The third kappa shape index (κ3) is 3.09. The van der Waals surface area contributed by atoms with Crippen LogP contribution in [0.25, 0.3) is 0 Å². The molecule has 0 saturated carbocycles. The molecule has 2 fully saturated rings. The first-order chi connectivity index (χ1) is 7.07. The second-order valence-electron chi connectivity index (χ2n) is 4.20. The van der Waals surface area contributed by atoms with E-state index in [0.29, 0.717) is 13.2 Å². The smallest absolute Gasteiger partial charge is 0.258 e. The zero-order chi connectivity index (χ0) is 10.9. The van der Waals surface area contributed by atoms with Gasteiger partial charge in [0.15, 0.2) is 5.79 Å². The van der Waals surface area contributed by atoms with Crippen LogP contribution in [0.3, 0.4) is 0 Å². The van der Waals surface area contributed by atoms with Gasteiger partial charge in [-0.1, -0.05) is 0 Å². The Bertz CT molecular complexity index is 226. The molecule has 2 heterocycles. The van der Waals surface area contributed by atoms with Crippen molar-refractivity contribution in [3.63, 3.8) is 0 Å². The average Bonchev–Trinajstić information content (AvgIpc) is 2.69. The van der Waals surface area contributed by atoms with Gasteiger partial charge in [-0.05, 0) is 20.9 Å². The van der Waals surface area contributed by atoms with Gasteiger partial charge in [-0.3, -0.25) is 0 Å². The van der Waals surface area contributed by atoms with Crippen molar-refractivity contribution in [2.45, 2.75) is 25.7 Å². The number of nitrogens with zero attached hydrogens (tertiary/aromatic N) is 1. The van der Waals surface area contributed by atoms with Gasteiger partial charge in [-0.25, -0.2) is 4.67 Å². The van der Waals surface area contributed by atoms with Gasteiger partial charge in [0.05, 0.1) is 19.8 Å². The summed E-state index contributed by atoms with van der Waals surface area (Å²) in [6.45, 7) is 6.67. The van der Waals surface area contributed by atoms with Crippen molar-refractivity contribution in [1.82, 2.24) is 4.67 Å².